The minimum absolute atomic E-state index is 0.117. The van der Waals surface area contributed by atoms with Crippen LogP contribution in [-0.2, 0) is 30.6 Å². The smallest absolute Gasteiger partial charge is 0.352 e. The Morgan fingerprint density at radius 3 is 2.63 bits per heavy atom. The molecule has 1 amide bonds. The van der Waals surface area contributed by atoms with Crippen molar-refractivity contribution in [3.05, 3.63) is 34.9 Å². The van der Waals surface area contributed by atoms with E-state index >= 15 is 0 Å². The molecule has 27 heavy (non-hydrogen) atoms. The maximum Gasteiger partial charge on any atom is 0.435 e. The van der Waals surface area contributed by atoms with Gasteiger partial charge in [-0.3, -0.25) is 14.2 Å². The van der Waals surface area contributed by atoms with E-state index < -0.39 is 17.8 Å². The summed E-state index contributed by atoms with van der Waals surface area (Å²) in [6, 6.07) is 1.12. The Morgan fingerprint density at radius 1 is 1.37 bits per heavy atom. The van der Waals surface area contributed by atoms with Crippen LogP contribution < -0.4 is 5.32 Å². The molecule has 1 unspecified atom stereocenters. The van der Waals surface area contributed by atoms with Gasteiger partial charge in [0.05, 0.1) is 18.2 Å². The number of rotatable bonds is 7. The van der Waals surface area contributed by atoms with Crippen LogP contribution in [0, 0.1) is 12.8 Å². The lowest BCUT2D eigenvalue weighted by Crippen LogP contribution is -2.31. The van der Waals surface area contributed by atoms with Gasteiger partial charge >= 0.3 is 6.18 Å². The number of carbonyl (C=O) groups excluding carboxylic acids is 1. The average molecular weight is 383 g/mol. The molecule has 148 valence electrons. The van der Waals surface area contributed by atoms with E-state index in [0.29, 0.717) is 12.2 Å². The summed E-state index contributed by atoms with van der Waals surface area (Å²) >= 11 is 0. The van der Waals surface area contributed by atoms with Crippen molar-refractivity contribution in [2.75, 3.05) is 0 Å². The SMILES string of the molecule is CCn1cc(CNC(=O)C(C)Cn2nc(C(F)(F)F)cc2C2CC2)c(C)n1. The summed E-state index contributed by atoms with van der Waals surface area (Å²) < 4.78 is 42.1. The van der Waals surface area contributed by atoms with Crippen molar-refractivity contribution >= 4 is 5.91 Å². The number of hydrogen-bond acceptors (Lipinski definition) is 3. The number of hydrogen-bond donors (Lipinski definition) is 1. The number of alkyl halides is 3. The summed E-state index contributed by atoms with van der Waals surface area (Å²) in [5, 5.41) is 10.9. The lowest BCUT2D eigenvalue weighted by atomic mass is 10.1. The second-order valence-electron chi connectivity index (χ2n) is 7.12. The van der Waals surface area contributed by atoms with Gasteiger partial charge in [0.15, 0.2) is 5.69 Å². The molecule has 2 heterocycles. The summed E-state index contributed by atoms with van der Waals surface area (Å²) in [5.41, 5.74) is 1.46. The number of nitrogens with zero attached hydrogens (tertiary/aromatic N) is 4. The van der Waals surface area contributed by atoms with Gasteiger partial charge in [0.1, 0.15) is 0 Å². The number of halogens is 3. The van der Waals surface area contributed by atoms with Gasteiger partial charge in [0, 0.05) is 36.5 Å². The molecule has 1 N–H and O–H groups in total. The van der Waals surface area contributed by atoms with Crippen molar-refractivity contribution in [1.29, 1.82) is 0 Å². The van der Waals surface area contributed by atoms with E-state index in [2.05, 4.69) is 15.5 Å². The molecule has 1 aliphatic carbocycles. The van der Waals surface area contributed by atoms with Crippen LogP contribution in [0.1, 0.15) is 55.3 Å². The van der Waals surface area contributed by atoms with Crippen molar-refractivity contribution in [2.45, 2.75) is 65.3 Å². The van der Waals surface area contributed by atoms with Crippen molar-refractivity contribution in [3.63, 3.8) is 0 Å². The monoisotopic (exact) mass is 383 g/mol. The highest BCUT2D eigenvalue weighted by Crippen LogP contribution is 2.42. The molecule has 0 aromatic carbocycles. The number of carbonyl (C=O) groups is 1. The number of amides is 1. The Morgan fingerprint density at radius 2 is 2.07 bits per heavy atom. The molecule has 1 fully saturated rings. The molecule has 0 spiro atoms. The van der Waals surface area contributed by atoms with Gasteiger partial charge in [0.2, 0.25) is 5.91 Å². The van der Waals surface area contributed by atoms with Gasteiger partial charge in [-0.25, -0.2) is 0 Å². The standard InChI is InChI=1S/C18H24F3N5O/c1-4-25-10-14(12(3)23-25)8-22-17(27)11(2)9-26-15(13-5-6-13)7-16(24-26)18(19,20)21/h7,10-11,13H,4-6,8-9H2,1-3H3,(H,22,27). The fraction of sp³-hybridized carbons (Fsp3) is 0.611. The highest BCUT2D eigenvalue weighted by molar-refractivity contribution is 5.78. The van der Waals surface area contributed by atoms with Crippen LogP contribution >= 0.6 is 0 Å². The molecule has 1 atom stereocenters. The fourth-order valence-electron chi connectivity index (χ4n) is 3.02. The van der Waals surface area contributed by atoms with Crippen LogP contribution in [-0.4, -0.2) is 25.5 Å². The Labute approximate surface area is 155 Å². The first-order chi connectivity index (χ1) is 12.7. The van der Waals surface area contributed by atoms with Crippen LogP contribution in [0.5, 0.6) is 0 Å². The van der Waals surface area contributed by atoms with Crippen LogP contribution in [0.2, 0.25) is 0 Å². The van der Waals surface area contributed by atoms with E-state index in [9.17, 15) is 18.0 Å². The van der Waals surface area contributed by atoms with Crippen LogP contribution in [0.25, 0.3) is 0 Å². The van der Waals surface area contributed by atoms with E-state index in [1.165, 1.54) is 4.68 Å². The maximum absolute atomic E-state index is 13.0. The first-order valence-corrected chi connectivity index (χ1v) is 9.14. The molecule has 0 saturated heterocycles. The van der Waals surface area contributed by atoms with Gasteiger partial charge in [-0.1, -0.05) is 6.92 Å². The predicted octanol–water partition coefficient (Wildman–Crippen LogP) is 3.26. The molecule has 0 aliphatic heterocycles. The molecule has 2 aromatic heterocycles. The maximum atomic E-state index is 13.0. The van der Waals surface area contributed by atoms with E-state index in [1.54, 1.807) is 11.6 Å². The second-order valence-corrected chi connectivity index (χ2v) is 7.12. The summed E-state index contributed by atoms with van der Waals surface area (Å²) in [4.78, 5) is 12.4. The third-order valence-electron chi connectivity index (χ3n) is 4.82. The largest absolute Gasteiger partial charge is 0.435 e. The molecular formula is C18H24F3N5O. The molecule has 0 bridgehead atoms. The van der Waals surface area contributed by atoms with Gasteiger partial charge in [-0.15, -0.1) is 0 Å². The fourth-order valence-corrected chi connectivity index (χ4v) is 3.02. The summed E-state index contributed by atoms with van der Waals surface area (Å²) in [6.45, 7) is 6.77. The molecular weight excluding hydrogens is 359 g/mol. The first-order valence-electron chi connectivity index (χ1n) is 9.14. The van der Waals surface area contributed by atoms with Crippen molar-refractivity contribution in [2.24, 2.45) is 5.92 Å². The van der Waals surface area contributed by atoms with Gasteiger partial charge in [0.25, 0.3) is 0 Å². The van der Waals surface area contributed by atoms with Crippen molar-refractivity contribution in [1.82, 2.24) is 24.9 Å². The van der Waals surface area contributed by atoms with E-state index in [4.69, 9.17) is 0 Å². The lowest BCUT2D eigenvalue weighted by molar-refractivity contribution is -0.141. The third kappa shape index (κ3) is 4.51. The lowest BCUT2D eigenvalue weighted by Gasteiger charge is -2.14. The Kier molecular flexibility index (Phi) is 5.30. The molecule has 9 heteroatoms. The molecule has 6 nitrogen and oxygen atoms in total. The van der Waals surface area contributed by atoms with Crippen molar-refractivity contribution < 1.29 is 18.0 Å². The Balaban J connectivity index is 1.64. The zero-order valence-electron chi connectivity index (χ0n) is 15.7. The molecule has 1 aliphatic rings. The van der Waals surface area contributed by atoms with Gasteiger partial charge in [-0.05, 0) is 32.8 Å². The third-order valence-corrected chi connectivity index (χ3v) is 4.82. The highest BCUT2D eigenvalue weighted by atomic mass is 19.4. The quantitative estimate of drug-likeness (QED) is 0.798. The van der Waals surface area contributed by atoms with Gasteiger partial charge in [-0.2, -0.15) is 23.4 Å². The summed E-state index contributed by atoms with van der Waals surface area (Å²) in [7, 11) is 0. The van der Waals surface area contributed by atoms with E-state index in [-0.39, 0.29) is 18.4 Å². The van der Waals surface area contributed by atoms with E-state index in [0.717, 1.165) is 36.7 Å². The Hall–Kier alpha value is -2.32. The van der Waals surface area contributed by atoms with Crippen molar-refractivity contribution in [3.8, 4) is 0 Å². The first kappa shape index (κ1) is 19.4. The average Bonchev–Trinajstić information content (AvgIpc) is 3.25. The van der Waals surface area contributed by atoms with Crippen LogP contribution in [0.4, 0.5) is 13.2 Å². The predicted molar refractivity (Wildman–Crippen MR) is 92.9 cm³/mol. The number of aromatic nitrogens is 4. The number of aryl methyl sites for hydroxylation is 2. The zero-order chi connectivity index (χ0) is 19.8. The molecule has 0 radical (unpaired) electrons. The topological polar surface area (TPSA) is 64.7 Å². The summed E-state index contributed by atoms with van der Waals surface area (Å²) in [5.74, 6) is -0.596. The minimum Gasteiger partial charge on any atom is -0.352 e. The highest BCUT2D eigenvalue weighted by Gasteiger charge is 2.38. The summed E-state index contributed by atoms with van der Waals surface area (Å²) in [6.07, 6.45) is -0.861. The van der Waals surface area contributed by atoms with Crippen LogP contribution in [0.15, 0.2) is 12.3 Å². The number of nitrogens with one attached hydrogen (secondary N) is 1. The normalized spacial score (nSPS) is 15.8. The molecule has 2 aromatic rings. The molecule has 3 rings (SSSR count). The minimum atomic E-state index is -4.47. The molecule has 1 saturated carbocycles. The zero-order valence-corrected chi connectivity index (χ0v) is 15.7. The van der Waals surface area contributed by atoms with E-state index in [1.807, 2.05) is 20.0 Å². The second kappa shape index (κ2) is 7.36. The van der Waals surface area contributed by atoms with Gasteiger partial charge < -0.3 is 5.32 Å². The Bertz CT molecular complexity index is 820. The van der Waals surface area contributed by atoms with Crippen LogP contribution in [0.3, 0.4) is 0 Å².